The van der Waals surface area contributed by atoms with E-state index in [9.17, 15) is 0 Å². The van der Waals surface area contributed by atoms with E-state index in [4.69, 9.17) is 0 Å². The molecule has 0 saturated heterocycles. The second-order valence-electron chi connectivity index (χ2n) is 1.54. The summed E-state index contributed by atoms with van der Waals surface area (Å²) in [6, 6.07) is 0. The lowest BCUT2D eigenvalue weighted by molar-refractivity contribution is 0.417. The van der Waals surface area contributed by atoms with Crippen LogP contribution in [0.3, 0.4) is 0 Å². The quantitative estimate of drug-likeness (QED) is 0.350. The lowest BCUT2D eigenvalue weighted by atomic mass is 10.7. The Balaban J connectivity index is 2.99. The fourth-order valence-electron chi connectivity index (χ4n) is 0. The first-order valence-corrected chi connectivity index (χ1v) is 3.19. The monoisotopic (exact) mass is 199 g/mol. The van der Waals surface area contributed by atoms with Crippen molar-refractivity contribution in [2.75, 3.05) is 14.1 Å². The summed E-state index contributed by atoms with van der Waals surface area (Å²) in [5.41, 5.74) is 0. The Morgan fingerprint density at radius 1 is 1.50 bits per heavy atom. The van der Waals surface area contributed by atoms with Crippen LogP contribution in [-0.2, 0) is 0 Å². The molecule has 0 aliphatic rings. The molecule has 0 aliphatic heterocycles. The summed E-state index contributed by atoms with van der Waals surface area (Å²) in [5, 5.41) is 0. The molecule has 0 fully saturated rings. The van der Waals surface area contributed by atoms with Crippen LogP contribution in [0.15, 0.2) is 0 Å². The van der Waals surface area contributed by atoms with Crippen molar-refractivity contribution in [1.82, 2.24) is 4.90 Å². The van der Waals surface area contributed by atoms with E-state index in [1.54, 1.807) is 0 Å². The lowest BCUT2D eigenvalue weighted by Crippen LogP contribution is -2.17. The topological polar surface area (TPSA) is 3.24 Å². The highest BCUT2D eigenvalue weighted by Crippen LogP contribution is 1.98. The van der Waals surface area contributed by atoms with Crippen LogP contribution in [0.5, 0.6) is 0 Å². The van der Waals surface area contributed by atoms with E-state index in [0.29, 0.717) is 4.05 Å². The number of halogens is 1. The van der Waals surface area contributed by atoms with Gasteiger partial charge in [-0.15, -0.1) is 0 Å². The van der Waals surface area contributed by atoms with E-state index in [1.807, 2.05) is 0 Å². The van der Waals surface area contributed by atoms with Gasteiger partial charge in [0.05, 0.1) is 4.05 Å². The van der Waals surface area contributed by atoms with Gasteiger partial charge in [-0.2, -0.15) is 0 Å². The molecule has 0 aromatic rings. The van der Waals surface area contributed by atoms with Crippen LogP contribution in [0.2, 0.25) is 0 Å². The summed E-state index contributed by atoms with van der Waals surface area (Å²) >= 11 is 2.36. The van der Waals surface area contributed by atoms with E-state index in [0.717, 1.165) is 0 Å². The van der Waals surface area contributed by atoms with E-state index in [1.165, 1.54) is 0 Å². The van der Waals surface area contributed by atoms with Gasteiger partial charge < -0.3 is 0 Å². The van der Waals surface area contributed by atoms with Crippen LogP contribution >= 0.6 is 22.6 Å². The number of hydrogen-bond acceptors (Lipinski definition) is 1. The van der Waals surface area contributed by atoms with Crippen LogP contribution in [0.4, 0.5) is 0 Å². The van der Waals surface area contributed by atoms with Crippen LogP contribution in [0, 0.1) is 0 Å². The molecule has 0 aliphatic carbocycles. The lowest BCUT2D eigenvalue weighted by Gasteiger charge is -2.10. The largest absolute Gasteiger partial charge is 0.298 e. The Hall–Kier alpha value is 0.690. The van der Waals surface area contributed by atoms with Gasteiger partial charge in [-0.05, 0) is 21.0 Å². The molecular weight excluding hydrogens is 189 g/mol. The molecule has 6 heavy (non-hydrogen) atoms. The zero-order valence-corrected chi connectivity index (χ0v) is 6.56. The maximum atomic E-state index is 2.36. The van der Waals surface area contributed by atoms with Crippen molar-refractivity contribution in [2.45, 2.75) is 11.0 Å². The van der Waals surface area contributed by atoms with Crippen molar-refractivity contribution in [3.63, 3.8) is 0 Å². The van der Waals surface area contributed by atoms with Crippen molar-refractivity contribution in [3.05, 3.63) is 0 Å². The summed E-state index contributed by atoms with van der Waals surface area (Å²) in [4.78, 5) is 2.15. The van der Waals surface area contributed by atoms with Crippen LogP contribution < -0.4 is 0 Å². The Bertz CT molecular complexity index is 28.5. The van der Waals surface area contributed by atoms with Crippen LogP contribution in [0.1, 0.15) is 6.92 Å². The van der Waals surface area contributed by atoms with E-state index >= 15 is 0 Å². The Labute approximate surface area is 52.9 Å². The fourth-order valence-corrected chi connectivity index (χ4v) is 0. The molecule has 2 heteroatoms. The van der Waals surface area contributed by atoms with Crippen molar-refractivity contribution in [2.24, 2.45) is 0 Å². The van der Waals surface area contributed by atoms with Gasteiger partial charge in [0.15, 0.2) is 0 Å². The normalized spacial score (nSPS) is 15.5. The van der Waals surface area contributed by atoms with Gasteiger partial charge in [-0.25, -0.2) is 0 Å². The van der Waals surface area contributed by atoms with Gasteiger partial charge in [0, 0.05) is 0 Å². The van der Waals surface area contributed by atoms with Crippen LogP contribution in [-0.4, -0.2) is 23.0 Å². The molecule has 0 radical (unpaired) electrons. The van der Waals surface area contributed by atoms with Gasteiger partial charge in [0.2, 0.25) is 0 Å². The maximum absolute atomic E-state index is 2.36. The molecule has 1 unspecified atom stereocenters. The maximum Gasteiger partial charge on any atom is 0.0585 e. The van der Waals surface area contributed by atoms with Gasteiger partial charge in [-0.1, -0.05) is 22.6 Å². The number of nitrogens with zero attached hydrogens (tertiary/aromatic N) is 1. The summed E-state index contributed by atoms with van der Waals surface area (Å²) in [6.07, 6.45) is 0. The summed E-state index contributed by atoms with van der Waals surface area (Å²) in [7, 11) is 4.13. The average molecular weight is 199 g/mol. The SMILES string of the molecule is CC(I)N(C)C. The third-order valence-electron chi connectivity index (χ3n) is 0.712. The third-order valence-corrected chi connectivity index (χ3v) is 1.83. The molecule has 1 nitrogen and oxygen atoms in total. The standard InChI is InChI=1S/C4H10IN/c1-4(5)6(2)3/h4H,1-3H3. The van der Waals surface area contributed by atoms with Gasteiger partial charge in [0.1, 0.15) is 0 Å². The first kappa shape index (κ1) is 6.69. The molecule has 0 rings (SSSR count). The summed E-state index contributed by atoms with van der Waals surface area (Å²) < 4.78 is 0.655. The highest BCUT2D eigenvalue weighted by molar-refractivity contribution is 14.1. The Morgan fingerprint density at radius 2 is 1.67 bits per heavy atom. The van der Waals surface area contributed by atoms with Crippen molar-refractivity contribution in [1.29, 1.82) is 0 Å². The van der Waals surface area contributed by atoms with Gasteiger partial charge >= 0.3 is 0 Å². The molecule has 0 aromatic heterocycles. The fraction of sp³-hybridized carbons (Fsp3) is 1.00. The van der Waals surface area contributed by atoms with Crippen LogP contribution in [0.25, 0.3) is 0 Å². The molecular formula is C4H10IN. The minimum absolute atomic E-state index is 0.655. The number of alkyl halides is 1. The van der Waals surface area contributed by atoms with Gasteiger partial charge in [0.25, 0.3) is 0 Å². The average Bonchev–Trinajstić information content (AvgIpc) is 1.36. The molecule has 0 aromatic carbocycles. The second-order valence-corrected chi connectivity index (χ2v) is 3.34. The van der Waals surface area contributed by atoms with Crippen molar-refractivity contribution >= 4 is 22.6 Å². The molecule has 0 saturated carbocycles. The zero-order chi connectivity index (χ0) is 5.15. The Kier molecular flexibility index (Phi) is 3.12. The molecule has 1 atom stereocenters. The minimum atomic E-state index is 0.655. The van der Waals surface area contributed by atoms with E-state index in [-0.39, 0.29) is 0 Å². The summed E-state index contributed by atoms with van der Waals surface area (Å²) in [6.45, 7) is 2.15. The molecule has 0 amide bonds. The number of rotatable bonds is 1. The first-order valence-electron chi connectivity index (χ1n) is 1.95. The molecule has 0 spiro atoms. The minimum Gasteiger partial charge on any atom is -0.298 e. The van der Waals surface area contributed by atoms with Crippen molar-refractivity contribution in [3.8, 4) is 0 Å². The van der Waals surface area contributed by atoms with Gasteiger partial charge in [-0.3, -0.25) is 4.90 Å². The van der Waals surface area contributed by atoms with E-state index < -0.39 is 0 Å². The number of hydrogen-bond donors (Lipinski definition) is 0. The first-order chi connectivity index (χ1) is 2.64. The third kappa shape index (κ3) is 2.90. The van der Waals surface area contributed by atoms with Crippen molar-refractivity contribution < 1.29 is 0 Å². The zero-order valence-electron chi connectivity index (χ0n) is 4.40. The predicted molar refractivity (Wildman–Crippen MR) is 37.2 cm³/mol. The second kappa shape index (κ2) is 2.80. The summed E-state index contributed by atoms with van der Waals surface area (Å²) in [5.74, 6) is 0. The molecule has 0 bridgehead atoms. The van der Waals surface area contributed by atoms with E-state index in [2.05, 4.69) is 48.5 Å². The molecule has 0 N–H and O–H groups in total. The highest BCUT2D eigenvalue weighted by Gasteiger charge is 1.92. The molecule has 38 valence electrons. The highest BCUT2D eigenvalue weighted by atomic mass is 127. The Morgan fingerprint density at radius 3 is 1.67 bits per heavy atom. The predicted octanol–water partition coefficient (Wildman–Crippen LogP) is 1.33. The smallest absolute Gasteiger partial charge is 0.0585 e. The molecule has 0 heterocycles.